The third-order valence-corrected chi connectivity index (χ3v) is 11.9. The van der Waals surface area contributed by atoms with Crippen LogP contribution in [0.15, 0.2) is 176 Å². The summed E-state index contributed by atoms with van der Waals surface area (Å²) < 4.78 is 7.31. The van der Waals surface area contributed by atoms with E-state index in [1.165, 1.54) is 75.0 Å². The minimum Gasteiger partial charge on any atom is -0.309 e. The lowest BCUT2D eigenvalue weighted by atomic mass is 9.99. The van der Waals surface area contributed by atoms with Gasteiger partial charge in [-0.3, -0.25) is 0 Å². The number of nitriles is 1. The molecular formula is C49H29N3S. The maximum Gasteiger partial charge on any atom is 0.0992 e. The average molecular weight is 692 g/mol. The van der Waals surface area contributed by atoms with Crippen molar-refractivity contribution in [3.8, 4) is 39.7 Å². The Morgan fingerprint density at radius 3 is 1.62 bits per heavy atom. The standard InChI is InChI=1S/C49H29N3S/c50-30-31-10-7-12-35(26-31)51-43-18-4-1-14-38(43)41-28-32(22-24-45(41)51)33-23-25-46-42(29-33)39-15-2-5-19-44(39)52(46)36-13-8-11-34(27-36)37-17-9-21-48-49(37)40-16-3-6-20-47(40)53-48/h1-29H. The summed E-state index contributed by atoms with van der Waals surface area (Å²) in [5, 5.41) is 17.1. The summed E-state index contributed by atoms with van der Waals surface area (Å²) in [7, 11) is 0. The molecule has 0 aliphatic heterocycles. The zero-order valence-corrected chi connectivity index (χ0v) is 29.3. The van der Waals surface area contributed by atoms with Gasteiger partial charge in [0.05, 0.1) is 33.7 Å². The number of rotatable bonds is 4. The highest BCUT2D eigenvalue weighted by atomic mass is 32.1. The number of nitrogens with zero attached hydrogens (tertiary/aromatic N) is 3. The molecule has 0 atom stereocenters. The van der Waals surface area contributed by atoms with Crippen LogP contribution < -0.4 is 0 Å². The van der Waals surface area contributed by atoms with Crippen molar-refractivity contribution in [2.24, 2.45) is 0 Å². The van der Waals surface area contributed by atoms with Crippen molar-refractivity contribution in [1.29, 1.82) is 5.26 Å². The van der Waals surface area contributed by atoms with Crippen molar-refractivity contribution < 1.29 is 0 Å². The van der Waals surface area contributed by atoms with Gasteiger partial charge in [-0.2, -0.15) is 5.26 Å². The van der Waals surface area contributed by atoms with Gasteiger partial charge in [0.2, 0.25) is 0 Å². The Bertz CT molecular complexity index is 3310. The van der Waals surface area contributed by atoms with Crippen LogP contribution in [0.4, 0.5) is 0 Å². The van der Waals surface area contributed by atoms with Gasteiger partial charge in [-0.1, -0.05) is 97.1 Å². The maximum absolute atomic E-state index is 9.61. The van der Waals surface area contributed by atoms with Gasteiger partial charge in [0, 0.05) is 53.1 Å². The van der Waals surface area contributed by atoms with Crippen LogP contribution in [0.2, 0.25) is 0 Å². The fourth-order valence-corrected chi connectivity index (χ4v) is 9.54. The Morgan fingerprint density at radius 2 is 0.943 bits per heavy atom. The van der Waals surface area contributed by atoms with E-state index in [2.05, 4.69) is 173 Å². The van der Waals surface area contributed by atoms with Crippen molar-refractivity contribution in [1.82, 2.24) is 9.13 Å². The van der Waals surface area contributed by atoms with Crippen molar-refractivity contribution in [3.05, 3.63) is 181 Å². The van der Waals surface area contributed by atoms with Gasteiger partial charge in [0.1, 0.15) is 0 Å². The molecule has 246 valence electrons. The van der Waals surface area contributed by atoms with E-state index in [9.17, 15) is 5.26 Å². The summed E-state index contributed by atoms with van der Waals surface area (Å²) in [5.74, 6) is 0. The average Bonchev–Trinajstić information content (AvgIpc) is 3.88. The summed E-state index contributed by atoms with van der Waals surface area (Å²) in [6.45, 7) is 0. The van der Waals surface area contributed by atoms with Gasteiger partial charge < -0.3 is 9.13 Å². The molecule has 0 fully saturated rings. The number of hydrogen-bond donors (Lipinski definition) is 0. The minimum absolute atomic E-state index is 0.651. The van der Waals surface area contributed by atoms with Crippen LogP contribution in [0.1, 0.15) is 5.56 Å². The second kappa shape index (κ2) is 11.5. The molecule has 0 amide bonds. The maximum atomic E-state index is 9.61. The highest BCUT2D eigenvalue weighted by Gasteiger charge is 2.17. The number of fused-ring (bicyclic) bond motifs is 9. The van der Waals surface area contributed by atoms with Gasteiger partial charge in [0.25, 0.3) is 0 Å². The van der Waals surface area contributed by atoms with Crippen molar-refractivity contribution in [3.63, 3.8) is 0 Å². The van der Waals surface area contributed by atoms with Crippen LogP contribution in [-0.4, -0.2) is 9.13 Å². The normalized spacial score (nSPS) is 11.8. The summed E-state index contributed by atoms with van der Waals surface area (Å²) in [6.07, 6.45) is 0. The largest absolute Gasteiger partial charge is 0.309 e. The zero-order valence-electron chi connectivity index (χ0n) is 28.5. The molecule has 0 bridgehead atoms. The number of aromatic nitrogens is 2. The van der Waals surface area contributed by atoms with E-state index in [-0.39, 0.29) is 0 Å². The fraction of sp³-hybridized carbons (Fsp3) is 0. The first-order valence-electron chi connectivity index (χ1n) is 17.8. The van der Waals surface area contributed by atoms with Crippen molar-refractivity contribution >= 4 is 75.1 Å². The predicted octanol–water partition coefficient (Wildman–Crippen LogP) is 13.5. The van der Waals surface area contributed by atoms with Crippen LogP contribution in [0.25, 0.3) is 97.4 Å². The second-order valence-electron chi connectivity index (χ2n) is 13.7. The molecule has 3 aromatic heterocycles. The molecule has 3 heterocycles. The number of thiophene rings is 1. The quantitative estimate of drug-likeness (QED) is 0.181. The molecule has 4 heteroatoms. The van der Waals surface area contributed by atoms with E-state index in [4.69, 9.17) is 0 Å². The third kappa shape index (κ3) is 4.52. The van der Waals surface area contributed by atoms with E-state index in [0.717, 1.165) is 22.4 Å². The SMILES string of the molecule is N#Cc1cccc(-n2c3ccccc3c3cc(-c4ccc5c(c4)c4ccccc4n5-c4cccc(-c5cccc6sc7ccccc7c56)c4)ccc32)c1. The van der Waals surface area contributed by atoms with Gasteiger partial charge in [-0.05, 0) is 101 Å². The molecule has 0 saturated heterocycles. The number of hydrogen-bond acceptors (Lipinski definition) is 2. The molecule has 8 aromatic carbocycles. The first-order valence-corrected chi connectivity index (χ1v) is 18.6. The molecule has 0 radical (unpaired) electrons. The molecule has 0 N–H and O–H groups in total. The Morgan fingerprint density at radius 1 is 0.396 bits per heavy atom. The Labute approximate surface area is 309 Å². The van der Waals surface area contributed by atoms with E-state index >= 15 is 0 Å². The first kappa shape index (κ1) is 29.8. The highest BCUT2D eigenvalue weighted by molar-refractivity contribution is 7.25. The van der Waals surface area contributed by atoms with E-state index in [1.807, 2.05) is 29.5 Å². The highest BCUT2D eigenvalue weighted by Crippen LogP contribution is 2.42. The Kier molecular flexibility index (Phi) is 6.48. The lowest BCUT2D eigenvalue weighted by Gasteiger charge is -2.12. The molecule has 0 saturated carbocycles. The van der Waals surface area contributed by atoms with Crippen LogP contribution in [0.5, 0.6) is 0 Å². The lowest BCUT2D eigenvalue weighted by Crippen LogP contribution is -1.94. The summed E-state index contributed by atoms with van der Waals surface area (Å²) in [6, 6.07) is 65.5. The summed E-state index contributed by atoms with van der Waals surface area (Å²) in [5.41, 5.74) is 12.2. The van der Waals surface area contributed by atoms with E-state index < -0.39 is 0 Å². The Hall–Kier alpha value is -6.93. The summed E-state index contributed by atoms with van der Waals surface area (Å²) >= 11 is 1.86. The topological polar surface area (TPSA) is 33.6 Å². The van der Waals surface area contributed by atoms with Gasteiger partial charge in [0.15, 0.2) is 0 Å². The fourth-order valence-electron chi connectivity index (χ4n) is 8.40. The molecule has 0 aliphatic rings. The van der Waals surface area contributed by atoms with E-state index in [1.54, 1.807) is 0 Å². The van der Waals surface area contributed by atoms with Gasteiger partial charge in [-0.15, -0.1) is 11.3 Å². The molecular weight excluding hydrogens is 663 g/mol. The molecule has 11 rings (SSSR count). The molecule has 3 nitrogen and oxygen atoms in total. The predicted molar refractivity (Wildman–Crippen MR) is 224 cm³/mol. The third-order valence-electron chi connectivity index (χ3n) is 10.7. The van der Waals surface area contributed by atoms with Gasteiger partial charge >= 0.3 is 0 Å². The molecule has 0 unspecified atom stereocenters. The minimum atomic E-state index is 0.651. The Balaban J connectivity index is 1.07. The number of benzene rings is 8. The number of para-hydroxylation sites is 2. The van der Waals surface area contributed by atoms with Crippen molar-refractivity contribution in [2.45, 2.75) is 0 Å². The van der Waals surface area contributed by atoms with Crippen LogP contribution >= 0.6 is 11.3 Å². The van der Waals surface area contributed by atoms with E-state index in [0.29, 0.717) is 5.56 Å². The zero-order chi connectivity index (χ0) is 35.0. The molecule has 53 heavy (non-hydrogen) atoms. The first-order chi connectivity index (χ1) is 26.2. The van der Waals surface area contributed by atoms with Crippen LogP contribution in [0.3, 0.4) is 0 Å². The van der Waals surface area contributed by atoms with Gasteiger partial charge in [-0.25, -0.2) is 0 Å². The summed E-state index contributed by atoms with van der Waals surface area (Å²) in [4.78, 5) is 0. The monoisotopic (exact) mass is 691 g/mol. The molecule has 0 aliphatic carbocycles. The molecule has 11 aromatic rings. The van der Waals surface area contributed by atoms with Crippen LogP contribution in [0, 0.1) is 11.3 Å². The lowest BCUT2D eigenvalue weighted by molar-refractivity contribution is 1.18. The smallest absolute Gasteiger partial charge is 0.0992 e. The second-order valence-corrected chi connectivity index (χ2v) is 14.7. The molecule has 0 spiro atoms. The van der Waals surface area contributed by atoms with Crippen LogP contribution in [-0.2, 0) is 0 Å². The van der Waals surface area contributed by atoms with Crippen molar-refractivity contribution in [2.75, 3.05) is 0 Å².